The summed E-state index contributed by atoms with van der Waals surface area (Å²) in [6, 6.07) is 4.05. The van der Waals surface area contributed by atoms with Crippen LogP contribution in [-0.2, 0) is 11.3 Å². The number of likely N-dealkylation sites (tertiary alicyclic amines) is 1. The number of hydrogen-bond acceptors (Lipinski definition) is 2. The number of hydrogen-bond donors (Lipinski definition) is 0. The molecule has 1 atom stereocenters. The van der Waals surface area contributed by atoms with E-state index in [9.17, 15) is 8.78 Å². The molecule has 1 unspecified atom stereocenters. The number of rotatable bonds is 2. The van der Waals surface area contributed by atoms with E-state index in [0.29, 0.717) is 6.54 Å². The smallest absolute Gasteiger partial charge is 0.130 e. The number of halogens is 2. The molecule has 1 aromatic rings. The first-order valence-corrected chi connectivity index (χ1v) is 6.42. The summed E-state index contributed by atoms with van der Waals surface area (Å²) in [6.07, 6.45) is 2.15. The van der Waals surface area contributed by atoms with Crippen LogP contribution in [0.4, 0.5) is 8.78 Å². The van der Waals surface area contributed by atoms with Crippen LogP contribution in [0.25, 0.3) is 0 Å². The summed E-state index contributed by atoms with van der Waals surface area (Å²) in [6.45, 7) is 3.77. The molecule has 2 fully saturated rings. The summed E-state index contributed by atoms with van der Waals surface area (Å²) in [5, 5.41) is 0. The molecular weight excluding hydrogens is 236 g/mol. The maximum Gasteiger partial charge on any atom is 0.130 e. The van der Waals surface area contributed by atoms with E-state index in [4.69, 9.17) is 4.74 Å². The minimum absolute atomic E-state index is 0.188. The van der Waals surface area contributed by atoms with E-state index in [1.807, 2.05) is 0 Å². The minimum atomic E-state index is -0.446. The van der Waals surface area contributed by atoms with E-state index in [1.54, 1.807) is 0 Å². The second-order valence-corrected chi connectivity index (χ2v) is 5.46. The number of ether oxygens (including phenoxy) is 1. The second kappa shape index (κ2) is 4.59. The first-order chi connectivity index (χ1) is 8.69. The number of benzene rings is 1. The summed E-state index contributed by atoms with van der Waals surface area (Å²) < 4.78 is 32.6. The topological polar surface area (TPSA) is 12.5 Å². The van der Waals surface area contributed by atoms with Crippen molar-refractivity contribution in [1.82, 2.24) is 4.90 Å². The Kier molecular flexibility index (Phi) is 3.08. The minimum Gasteiger partial charge on any atom is -0.381 e. The van der Waals surface area contributed by atoms with Crippen LogP contribution in [0.5, 0.6) is 0 Å². The summed E-state index contributed by atoms with van der Waals surface area (Å²) in [5.74, 6) is -0.891. The molecule has 3 rings (SSSR count). The summed E-state index contributed by atoms with van der Waals surface area (Å²) >= 11 is 0. The van der Waals surface area contributed by atoms with Gasteiger partial charge in [0, 0.05) is 30.7 Å². The standard InChI is InChI=1S/C14H17F2NO/c15-12-2-1-3-13(16)11(12)8-17-6-4-14(9-17)5-7-18-10-14/h1-3H,4-10H2. The fourth-order valence-electron chi connectivity index (χ4n) is 3.04. The molecule has 0 radical (unpaired) electrons. The molecule has 2 aliphatic heterocycles. The monoisotopic (exact) mass is 253 g/mol. The fraction of sp³-hybridized carbons (Fsp3) is 0.571. The third kappa shape index (κ3) is 2.15. The quantitative estimate of drug-likeness (QED) is 0.803. The Morgan fingerprint density at radius 1 is 1.22 bits per heavy atom. The molecule has 98 valence electrons. The van der Waals surface area contributed by atoms with E-state index in [2.05, 4.69) is 4.90 Å². The van der Waals surface area contributed by atoms with Gasteiger partial charge in [0.1, 0.15) is 11.6 Å². The highest BCUT2D eigenvalue weighted by Crippen LogP contribution is 2.38. The Hall–Kier alpha value is -1.00. The third-order valence-electron chi connectivity index (χ3n) is 4.15. The van der Waals surface area contributed by atoms with E-state index in [1.165, 1.54) is 18.2 Å². The van der Waals surface area contributed by atoms with Gasteiger partial charge in [-0.2, -0.15) is 0 Å². The van der Waals surface area contributed by atoms with Gasteiger partial charge in [-0.1, -0.05) is 6.07 Å². The molecule has 0 bridgehead atoms. The molecule has 0 saturated carbocycles. The van der Waals surface area contributed by atoms with Crippen molar-refractivity contribution in [2.75, 3.05) is 26.3 Å². The first kappa shape index (κ1) is 12.1. The molecule has 2 heterocycles. The largest absolute Gasteiger partial charge is 0.381 e. The van der Waals surface area contributed by atoms with Gasteiger partial charge in [0.15, 0.2) is 0 Å². The van der Waals surface area contributed by atoms with Crippen molar-refractivity contribution in [3.8, 4) is 0 Å². The van der Waals surface area contributed by atoms with Crippen LogP contribution in [0.1, 0.15) is 18.4 Å². The number of nitrogens with zero attached hydrogens (tertiary/aromatic N) is 1. The maximum absolute atomic E-state index is 13.6. The molecule has 1 aromatic carbocycles. The average molecular weight is 253 g/mol. The van der Waals surface area contributed by atoms with Gasteiger partial charge in [0.25, 0.3) is 0 Å². The molecule has 0 aliphatic carbocycles. The van der Waals surface area contributed by atoms with E-state index < -0.39 is 11.6 Å². The van der Waals surface area contributed by atoms with Crippen molar-refractivity contribution < 1.29 is 13.5 Å². The lowest BCUT2D eigenvalue weighted by molar-refractivity contribution is 0.151. The molecule has 0 N–H and O–H groups in total. The van der Waals surface area contributed by atoms with Gasteiger partial charge in [-0.3, -0.25) is 4.90 Å². The molecule has 2 saturated heterocycles. The molecular formula is C14H17F2NO. The Labute approximate surface area is 106 Å². The van der Waals surface area contributed by atoms with Crippen LogP contribution in [0.15, 0.2) is 18.2 Å². The van der Waals surface area contributed by atoms with Gasteiger partial charge in [-0.25, -0.2) is 8.78 Å². The van der Waals surface area contributed by atoms with Crippen LogP contribution < -0.4 is 0 Å². The zero-order chi connectivity index (χ0) is 12.6. The highest BCUT2D eigenvalue weighted by molar-refractivity contribution is 5.19. The lowest BCUT2D eigenvalue weighted by atomic mass is 9.87. The molecule has 18 heavy (non-hydrogen) atoms. The predicted molar refractivity (Wildman–Crippen MR) is 64.1 cm³/mol. The summed E-state index contributed by atoms with van der Waals surface area (Å²) in [4.78, 5) is 2.14. The highest BCUT2D eigenvalue weighted by atomic mass is 19.1. The molecule has 4 heteroatoms. The molecule has 1 spiro atoms. The van der Waals surface area contributed by atoms with Gasteiger partial charge in [-0.15, -0.1) is 0 Å². The van der Waals surface area contributed by atoms with Crippen molar-refractivity contribution in [3.05, 3.63) is 35.4 Å². The molecule has 0 aromatic heterocycles. The summed E-state index contributed by atoms with van der Waals surface area (Å²) in [5.41, 5.74) is 0.426. The van der Waals surface area contributed by atoms with Gasteiger partial charge in [0.2, 0.25) is 0 Å². The van der Waals surface area contributed by atoms with Crippen molar-refractivity contribution in [1.29, 1.82) is 0 Å². The van der Waals surface area contributed by atoms with Crippen LogP contribution in [0.3, 0.4) is 0 Å². The fourth-order valence-corrected chi connectivity index (χ4v) is 3.04. The van der Waals surface area contributed by atoms with Gasteiger partial charge < -0.3 is 4.74 Å². The van der Waals surface area contributed by atoms with Gasteiger partial charge in [-0.05, 0) is 31.5 Å². The Morgan fingerprint density at radius 3 is 2.67 bits per heavy atom. The van der Waals surface area contributed by atoms with Crippen LogP contribution >= 0.6 is 0 Å². The van der Waals surface area contributed by atoms with E-state index in [0.717, 1.165) is 39.1 Å². The SMILES string of the molecule is Fc1cccc(F)c1CN1CCC2(CCOC2)C1. The summed E-state index contributed by atoms with van der Waals surface area (Å²) in [7, 11) is 0. The van der Waals surface area contributed by atoms with Crippen molar-refractivity contribution >= 4 is 0 Å². The first-order valence-electron chi connectivity index (χ1n) is 6.42. The van der Waals surface area contributed by atoms with Gasteiger partial charge >= 0.3 is 0 Å². The van der Waals surface area contributed by atoms with Crippen molar-refractivity contribution in [3.63, 3.8) is 0 Å². The normalized spacial score (nSPS) is 28.3. The van der Waals surface area contributed by atoms with Crippen LogP contribution in [-0.4, -0.2) is 31.2 Å². The molecule has 2 nitrogen and oxygen atoms in total. The Morgan fingerprint density at radius 2 is 2.00 bits per heavy atom. The van der Waals surface area contributed by atoms with E-state index in [-0.39, 0.29) is 11.0 Å². The lowest BCUT2D eigenvalue weighted by Gasteiger charge is -2.22. The second-order valence-electron chi connectivity index (χ2n) is 5.46. The Balaban J connectivity index is 1.71. The maximum atomic E-state index is 13.6. The van der Waals surface area contributed by atoms with Crippen LogP contribution in [0.2, 0.25) is 0 Å². The van der Waals surface area contributed by atoms with Crippen LogP contribution in [0, 0.1) is 17.0 Å². The Bertz CT molecular complexity index is 423. The van der Waals surface area contributed by atoms with E-state index >= 15 is 0 Å². The predicted octanol–water partition coefficient (Wildman–Crippen LogP) is 2.58. The molecule has 2 aliphatic rings. The van der Waals surface area contributed by atoms with Crippen molar-refractivity contribution in [2.45, 2.75) is 19.4 Å². The lowest BCUT2D eigenvalue weighted by Crippen LogP contribution is -2.27. The zero-order valence-corrected chi connectivity index (χ0v) is 10.3. The van der Waals surface area contributed by atoms with Gasteiger partial charge in [0.05, 0.1) is 6.61 Å². The highest BCUT2D eigenvalue weighted by Gasteiger charge is 2.41. The molecule has 0 amide bonds. The average Bonchev–Trinajstić information content (AvgIpc) is 2.96. The zero-order valence-electron chi connectivity index (χ0n) is 10.3. The third-order valence-corrected chi connectivity index (χ3v) is 4.15. The van der Waals surface area contributed by atoms with Crippen molar-refractivity contribution in [2.24, 2.45) is 5.41 Å².